The van der Waals surface area contributed by atoms with Crippen molar-refractivity contribution in [2.75, 3.05) is 5.73 Å². The van der Waals surface area contributed by atoms with Crippen molar-refractivity contribution in [2.24, 2.45) is 0 Å². The van der Waals surface area contributed by atoms with Gasteiger partial charge in [-0.2, -0.15) is 0 Å². The van der Waals surface area contributed by atoms with Gasteiger partial charge < -0.3 is 15.6 Å². The molecule has 3 aromatic rings. The molecular formula is C23H19Br2NO3. The zero-order valence-electron chi connectivity index (χ0n) is 15.7. The molecule has 0 radical (unpaired) electrons. The SMILES string of the molecule is CCC(=C(C(=O)O)c1cc(Br)c(Oc2ccc(N)cc2)c(Br)c1)c1ccccc1. The van der Waals surface area contributed by atoms with Gasteiger partial charge in [0.2, 0.25) is 0 Å². The summed E-state index contributed by atoms with van der Waals surface area (Å²) in [7, 11) is 0. The quantitative estimate of drug-likeness (QED) is 0.210. The normalized spacial score (nSPS) is 11.7. The number of rotatable bonds is 6. The van der Waals surface area contributed by atoms with Gasteiger partial charge in [0.25, 0.3) is 0 Å². The Hall–Kier alpha value is -2.57. The number of allylic oxidation sites excluding steroid dienone is 1. The molecule has 29 heavy (non-hydrogen) atoms. The molecule has 0 fully saturated rings. The van der Waals surface area contributed by atoms with Crippen LogP contribution in [0.5, 0.6) is 11.5 Å². The van der Waals surface area contributed by atoms with E-state index in [0.717, 1.165) is 11.1 Å². The first-order valence-electron chi connectivity index (χ1n) is 8.95. The third-order valence-corrected chi connectivity index (χ3v) is 5.56. The molecule has 0 spiro atoms. The molecule has 0 saturated heterocycles. The van der Waals surface area contributed by atoms with E-state index in [-0.39, 0.29) is 5.57 Å². The van der Waals surface area contributed by atoms with E-state index in [4.69, 9.17) is 10.5 Å². The third kappa shape index (κ3) is 4.89. The first-order chi connectivity index (χ1) is 13.9. The maximum atomic E-state index is 12.2. The van der Waals surface area contributed by atoms with E-state index in [1.54, 1.807) is 36.4 Å². The Labute approximate surface area is 186 Å². The van der Waals surface area contributed by atoms with Crippen LogP contribution in [0.3, 0.4) is 0 Å². The Balaban J connectivity index is 2.08. The zero-order chi connectivity index (χ0) is 21.0. The van der Waals surface area contributed by atoms with Gasteiger partial charge in [0.05, 0.1) is 14.5 Å². The summed E-state index contributed by atoms with van der Waals surface area (Å²) in [5, 5.41) is 9.97. The second kappa shape index (κ2) is 9.29. The molecule has 0 unspecified atom stereocenters. The maximum absolute atomic E-state index is 12.2. The topological polar surface area (TPSA) is 72.5 Å². The van der Waals surface area contributed by atoms with Crippen molar-refractivity contribution in [1.82, 2.24) is 0 Å². The van der Waals surface area contributed by atoms with E-state index in [1.807, 2.05) is 37.3 Å². The number of carboxylic acids is 1. The number of nitrogen functional groups attached to an aromatic ring is 1. The Bertz CT molecular complexity index is 1040. The van der Waals surface area contributed by atoms with Gasteiger partial charge in [-0.1, -0.05) is 37.3 Å². The van der Waals surface area contributed by atoms with Gasteiger partial charge in [-0.15, -0.1) is 0 Å². The summed E-state index contributed by atoms with van der Waals surface area (Å²) in [6, 6.07) is 20.1. The number of aliphatic carboxylic acids is 1. The lowest BCUT2D eigenvalue weighted by Crippen LogP contribution is -2.04. The van der Waals surface area contributed by atoms with E-state index < -0.39 is 5.97 Å². The number of halogens is 2. The average Bonchev–Trinajstić information content (AvgIpc) is 2.70. The van der Waals surface area contributed by atoms with Gasteiger partial charge in [0.15, 0.2) is 5.75 Å². The number of benzene rings is 3. The number of ether oxygens (including phenoxy) is 1. The second-order valence-corrected chi connectivity index (χ2v) is 8.03. The molecule has 0 aliphatic rings. The van der Waals surface area contributed by atoms with Crippen LogP contribution in [0.2, 0.25) is 0 Å². The van der Waals surface area contributed by atoms with Gasteiger partial charge in [-0.3, -0.25) is 0 Å². The average molecular weight is 517 g/mol. The lowest BCUT2D eigenvalue weighted by Gasteiger charge is -2.15. The molecule has 4 nitrogen and oxygen atoms in total. The lowest BCUT2D eigenvalue weighted by atomic mass is 9.93. The minimum Gasteiger partial charge on any atom is -0.478 e. The Morgan fingerprint density at radius 1 is 0.966 bits per heavy atom. The van der Waals surface area contributed by atoms with E-state index >= 15 is 0 Å². The molecule has 0 atom stereocenters. The monoisotopic (exact) mass is 515 g/mol. The van der Waals surface area contributed by atoms with Crippen molar-refractivity contribution in [3.05, 3.63) is 86.8 Å². The van der Waals surface area contributed by atoms with Crippen LogP contribution in [0, 0.1) is 0 Å². The Kier molecular flexibility index (Phi) is 6.77. The molecule has 0 amide bonds. The molecule has 3 aromatic carbocycles. The smallest absolute Gasteiger partial charge is 0.336 e. The minimum atomic E-state index is -0.975. The highest BCUT2D eigenvalue weighted by atomic mass is 79.9. The number of carboxylic acid groups (broad SMARTS) is 1. The fraction of sp³-hybridized carbons (Fsp3) is 0.0870. The standard InChI is InChI=1S/C23H19Br2NO3/c1-2-18(14-6-4-3-5-7-14)21(23(27)28)15-12-19(24)22(20(25)13-15)29-17-10-8-16(26)9-11-17/h3-13H,2,26H2,1H3,(H,27,28). The summed E-state index contributed by atoms with van der Waals surface area (Å²) in [5.74, 6) is 0.207. The molecule has 6 heteroatoms. The van der Waals surface area contributed by atoms with E-state index in [1.165, 1.54) is 0 Å². The highest BCUT2D eigenvalue weighted by Crippen LogP contribution is 2.41. The summed E-state index contributed by atoms with van der Waals surface area (Å²) in [5.41, 5.74) is 8.87. The van der Waals surface area contributed by atoms with Crippen molar-refractivity contribution < 1.29 is 14.6 Å². The van der Waals surface area contributed by atoms with Crippen molar-refractivity contribution >= 4 is 54.7 Å². The van der Waals surface area contributed by atoms with Crippen LogP contribution in [0.4, 0.5) is 5.69 Å². The van der Waals surface area contributed by atoms with Crippen LogP contribution in [0.25, 0.3) is 11.1 Å². The molecule has 0 heterocycles. The molecule has 3 N–H and O–H groups in total. The third-order valence-electron chi connectivity index (χ3n) is 4.38. The van der Waals surface area contributed by atoms with E-state index in [2.05, 4.69) is 31.9 Å². The van der Waals surface area contributed by atoms with Crippen molar-refractivity contribution in [1.29, 1.82) is 0 Å². The van der Waals surface area contributed by atoms with Crippen molar-refractivity contribution in [3.8, 4) is 11.5 Å². The molecule has 3 rings (SSSR count). The first-order valence-corrected chi connectivity index (χ1v) is 10.5. The van der Waals surface area contributed by atoms with Gasteiger partial charge in [0.1, 0.15) is 5.75 Å². The first kappa shape index (κ1) is 21.1. The van der Waals surface area contributed by atoms with Crippen LogP contribution >= 0.6 is 31.9 Å². The van der Waals surface area contributed by atoms with Crippen LogP contribution in [0.1, 0.15) is 24.5 Å². The van der Waals surface area contributed by atoms with Gasteiger partial charge in [-0.25, -0.2) is 4.79 Å². The number of hydrogen-bond acceptors (Lipinski definition) is 3. The van der Waals surface area contributed by atoms with Crippen LogP contribution < -0.4 is 10.5 Å². The Morgan fingerprint density at radius 2 is 1.55 bits per heavy atom. The molecule has 0 saturated carbocycles. The predicted molar refractivity (Wildman–Crippen MR) is 124 cm³/mol. The largest absolute Gasteiger partial charge is 0.478 e. The maximum Gasteiger partial charge on any atom is 0.336 e. The van der Waals surface area contributed by atoms with Crippen LogP contribution in [-0.2, 0) is 4.79 Å². The summed E-state index contributed by atoms with van der Waals surface area (Å²) in [4.78, 5) is 12.2. The van der Waals surface area contributed by atoms with Gasteiger partial charge >= 0.3 is 5.97 Å². The molecule has 148 valence electrons. The summed E-state index contributed by atoms with van der Waals surface area (Å²) in [6.07, 6.45) is 0.588. The van der Waals surface area contributed by atoms with Gasteiger partial charge in [0, 0.05) is 5.69 Å². The van der Waals surface area contributed by atoms with E-state index in [9.17, 15) is 9.90 Å². The van der Waals surface area contributed by atoms with Crippen molar-refractivity contribution in [2.45, 2.75) is 13.3 Å². The van der Waals surface area contributed by atoms with Crippen LogP contribution in [0.15, 0.2) is 75.7 Å². The molecular weight excluding hydrogens is 498 g/mol. The fourth-order valence-corrected chi connectivity index (χ4v) is 4.40. The number of carbonyl (C=O) groups is 1. The highest BCUT2D eigenvalue weighted by Gasteiger charge is 2.20. The lowest BCUT2D eigenvalue weighted by molar-refractivity contribution is -0.130. The summed E-state index contributed by atoms with van der Waals surface area (Å²) < 4.78 is 7.23. The van der Waals surface area contributed by atoms with Crippen molar-refractivity contribution in [3.63, 3.8) is 0 Å². The zero-order valence-corrected chi connectivity index (χ0v) is 18.8. The van der Waals surface area contributed by atoms with E-state index in [0.29, 0.717) is 38.1 Å². The Morgan fingerprint density at radius 3 is 2.07 bits per heavy atom. The summed E-state index contributed by atoms with van der Waals surface area (Å²) in [6.45, 7) is 1.95. The minimum absolute atomic E-state index is 0.263. The second-order valence-electron chi connectivity index (χ2n) is 6.32. The fourth-order valence-electron chi connectivity index (χ4n) is 3.05. The molecule has 0 aromatic heterocycles. The number of nitrogens with two attached hydrogens (primary N) is 1. The molecule has 0 bridgehead atoms. The highest BCUT2D eigenvalue weighted by molar-refractivity contribution is 9.11. The number of hydrogen-bond donors (Lipinski definition) is 2. The van der Waals surface area contributed by atoms with Gasteiger partial charge in [-0.05, 0) is 91.4 Å². The molecule has 0 aliphatic carbocycles. The summed E-state index contributed by atoms with van der Waals surface area (Å²) >= 11 is 7.04. The predicted octanol–water partition coefficient (Wildman–Crippen LogP) is 6.99. The van der Waals surface area contributed by atoms with Crippen LogP contribution in [-0.4, -0.2) is 11.1 Å². The number of anilines is 1. The molecule has 0 aliphatic heterocycles.